The molecule has 0 aliphatic rings. The average molecular weight is 446 g/mol. The summed E-state index contributed by atoms with van der Waals surface area (Å²) in [5.41, 5.74) is 11.9. The van der Waals surface area contributed by atoms with Crippen molar-refractivity contribution in [2.24, 2.45) is 5.73 Å². The Kier molecular flexibility index (Phi) is 7.78. The van der Waals surface area contributed by atoms with Crippen LogP contribution < -0.4 is 15.2 Å². The number of methoxy groups -OCH3 is 2. The summed E-state index contributed by atoms with van der Waals surface area (Å²) in [7, 11) is 3.25. The van der Waals surface area contributed by atoms with E-state index in [4.69, 9.17) is 20.5 Å². The Labute approximate surface area is 195 Å². The smallest absolute Gasteiger partial charge is 0.251 e. The van der Waals surface area contributed by atoms with Gasteiger partial charge in [-0.2, -0.15) is 5.26 Å². The Bertz CT molecular complexity index is 1170. The number of nitrogens with zero attached hydrogens (tertiary/aromatic N) is 2. The molecule has 1 aromatic heterocycles. The minimum absolute atomic E-state index is 0.436. The molecule has 33 heavy (non-hydrogen) atoms. The molecule has 1 amide bonds. The van der Waals surface area contributed by atoms with Gasteiger partial charge in [0.25, 0.3) is 5.91 Å². The van der Waals surface area contributed by atoms with E-state index in [1.165, 1.54) is 0 Å². The summed E-state index contributed by atoms with van der Waals surface area (Å²) >= 11 is 0. The number of carbonyl (C=O) groups is 1. The van der Waals surface area contributed by atoms with Crippen molar-refractivity contribution in [3.05, 3.63) is 70.5 Å². The van der Waals surface area contributed by atoms with Gasteiger partial charge in [0.15, 0.2) is 11.5 Å². The van der Waals surface area contributed by atoms with Gasteiger partial charge in [0.05, 0.1) is 31.4 Å². The Morgan fingerprint density at radius 2 is 1.76 bits per heavy atom. The molecule has 0 saturated heterocycles. The van der Waals surface area contributed by atoms with Gasteiger partial charge in [0.1, 0.15) is 0 Å². The normalized spacial score (nSPS) is 10.6. The van der Waals surface area contributed by atoms with Crippen LogP contribution in [0, 0.1) is 18.3 Å². The average Bonchev–Trinajstić information content (AvgIpc) is 3.12. The van der Waals surface area contributed by atoms with Gasteiger partial charge in [-0.15, -0.1) is 0 Å². The lowest BCUT2D eigenvalue weighted by Crippen LogP contribution is -2.14. The molecular weight excluding hydrogens is 414 g/mol. The highest BCUT2D eigenvalue weighted by Gasteiger charge is 2.24. The van der Waals surface area contributed by atoms with E-state index in [2.05, 4.69) is 17.6 Å². The van der Waals surface area contributed by atoms with Crippen molar-refractivity contribution in [1.82, 2.24) is 4.57 Å². The summed E-state index contributed by atoms with van der Waals surface area (Å²) in [4.78, 5) is 12.5. The number of primary amides is 1. The Hall–Kier alpha value is -3.72. The molecule has 0 aliphatic carbocycles. The lowest BCUT2D eigenvalue weighted by molar-refractivity contribution is 0.1000. The first-order chi connectivity index (χ1) is 15.9. The Morgan fingerprint density at radius 3 is 2.33 bits per heavy atom. The number of carbonyl (C=O) groups excluding carboxylic acids is 1. The number of aryl methyl sites for hydroxylation is 1. The predicted octanol–water partition coefficient (Wildman–Crippen LogP) is 5.04. The van der Waals surface area contributed by atoms with E-state index in [0.29, 0.717) is 29.2 Å². The molecule has 172 valence electrons. The molecule has 0 radical (unpaired) electrons. The zero-order valence-corrected chi connectivity index (χ0v) is 19.8. The van der Waals surface area contributed by atoms with Gasteiger partial charge in [-0.3, -0.25) is 4.79 Å². The minimum atomic E-state index is -0.436. The van der Waals surface area contributed by atoms with Gasteiger partial charge in [-0.05, 0) is 61.6 Å². The number of nitrogens with two attached hydrogens (primary N) is 1. The fourth-order valence-electron chi connectivity index (χ4n) is 4.31. The zero-order chi connectivity index (χ0) is 24.0. The van der Waals surface area contributed by atoms with Crippen LogP contribution in [0.2, 0.25) is 0 Å². The molecule has 1 heterocycles. The van der Waals surface area contributed by atoms with Crippen molar-refractivity contribution < 1.29 is 14.3 Å². The molecule has 0 atom stereocenters. The van der Waals surface area contributed by atoms with Crippen LogP contribution in [-0.2, 0) is 19.4 Å². The van der Waals surface area contributed by atoms with Crippen molar-refractivity contribution in [2.75, 3.05) is 14.2 Å². The Morgan fingerprint density at radius 1 is 1.06 bits per heavy atom. The predicted molar refractivity (Wildman–Crippen MR) is 130 cm³/mol. The number of aromatic nitrogens is 1. The fraction of sp³-hybridized carbons (Fsp3) is 0.333. The molecule has 3 aromatic rings. The summed E-state index contributed by atoms with van der Waals surface area (Å²) in [5.74, 6) is 0.956. The first-order valence-corrected chi connectivity index (χ1v) is 11.2. The molecule has 3 rings (SSSR count). The summed E-state index contributed by atoms with van der Waals surface area (Å²) in [6.45, 7) is 4.81. The van der Waals surface area contributed by atoms with Gasteiger partial charge >= 0.3 is 0 Å². The van der Waals surface area contributed by atoms with Crippen molar-refractivity contribution in [3.8, 4) is 28.7 Å². The van der Waals surface area contributed by atoms with Crippen LogP contribution in [0.1, 0.15) is 52.6 Å². The SMILES string of the molecule is CCCCc1c(-c2ccc(C#N)cc2)c(C(N)=O)c(C)n1CCc1ccc(OC)c(OC)c1. The largest absolute Gasteiger partial charge is 0.493 e. The molecule has 6 nitrogen and oxygen atoms in total. The molecular formula is C27H31N3O3. The maximum Gasteiger partial charge on any atom is 0.251 e. The fourth-order valence-corrected chi connectivity index (χ4v) is 4.31. The third-order valence-electron chi connectivity index (χ3n) is 6.02. The quantitative estimate of drug-likeness (QED) is 0.473. The molecule has 0 bridgehead atoms. The molecule has 0 aliphatic heterocycles. The second kappa shape index (κ2) is 10.7. The maximum absolute atomic E-state index is 12.5. The molecule has 0 fully saturated rings. The molecule has 6 heteroatoms. The standard InChI is InChI=1S/C27H31N3O3/c1-5-6-7-22-26(21-11-8-20(17-28)9-12-21)25(27(29)31)18(2)30(22)15-14-19-10-13-23(32-3)24(16-19)33-4/h8-13,16H,5-7,14-15H2,1-4H3,(H2,29,31). The van der Waals surface area contributed by atoms with Crippen molar-refractivity contribution >= 4 is 5.91 Å². The van der Waals surface area contributed by atoms with E-state index >= 15 is 0 Å². The van der Waals surface area contributed by atoms with Crippen molar-refractivity contribution in [1.29, 1.82) is 5.26 Å². The second-order valence-corrected chi connectivity index (χ2v) is 8.03. The molecule has 2 aromatic carbocycles. The van der Waals surface area contributed by atoms with Crippen LogP contribution in [-0.4, -0.2) is 24.7 Å². The molecule has 0 saturated carbocycles. The van der Waals surface area contributed by atoms with Crippen LogP contribution in [0.3, 0.4) is 0 Å². The van der Waals surface area contributed by atoms with E-state index in [1.54, 1.807) is 26.4 Å². The lowest BCUT2D eigenvalue weighted by atomic mass is 9.97. The molecule has 0 spiro atoms. The summed E-state index contributed by atoms with van der Waals surface area (Å²) < 4.78 is 13.0. The summed E-state index contributed by atoms with van der Waals surface area (Å²) in [5, 5.41) is 9.16. The number of ether oxygens (including phenoxy) is 2. The minimum Gasteiger partial charge on any atom is -0.493 e. The number of nitriles is 1. The van der Waals surface area contributed by atoms with E-state index < -0.39 is 5.91 Å². The zero-order valence-electron chi connectivity index (χ0n) is 19.8. The van der Waals surface area contributed by atoms with Gasteiger partial charge in [-0.1, -0.05) is 31.5 Å². The van der Waals surface area contributed by atoms with Gasteiger partial charge in [0.2, 0.25) is 0 Å². The number of amides is 1. The molecule has 0 unspecified atom stereocenters. The highest BCUT2D eigenvalue weighted by molar-refractivity contribution is 6.02. The maximum atomic E-state index is 12.5. The van der Waals surface area contributed by atoms with Crippen LogP contribution >= 0.6 is 0 Å². The number of rotatable bonds is 10. The molecule has 2 N–H and O–H groups in total. The van der Waals surface area contributed by atoms with E-state index in [-0.39, 0.29) is 0 Å². The van der Waals surface area contributed by atoms with Crippen molar-refractivity contribution in [3.63, 3.8) is 0 Å². The highest BCUT2D eigenvalue weighted by Crippen LogP contribution is 2.35. The second-order valence-electron chi connectivity index (χ2n) is 8.03. The summed E-state index contributed by atoms with van der Waals surface area (Å²) in [6.07, 6.45) is 3.64. The van der Waals surface area contributed by atoms with E-state index in [1.807, 2.05) is 37.3 Å². The highest BCUT2D eigenvalue weighted by atomic mass is 16.5. The third kappa shape index (κ3) is 5.04. The topological polar surface area (TPSA) is 90.3 Å². The van der Waals surface area contributed by atoms with Crippen LogP contribution in [0.5, 0.6) is 11.5 Å². The first kappa shape index (κ1) is 23.9. The van der Waals surface area contributed by atoms with Crippen LogP contribution in [0.15, 0.2) is 42.5 Å². The summed E-state index contributed by atoms with van der Waals surface area (Å²) in [6, 6.07) is 15.4. The monoisotopic (exact) mass is 445 g/mol. The number of unbranched alkanes of at least 4 members (excludes halogenated alkanes) is 1. The number of benzene rings is 2. The first-order valence-electron chi connectivity index (χ1n) is 11.2. The van der Waals surface area contributed by atoms with E-state index in [0.717, 1.165) is 53.8 Å². The van der Waals surface area contributed by atoms with E-state index in [9.17, 15) is 4.79 Å². The third-order valence-corrected chi connectivity index (χ3v) is 6.02. The van der Waals surface area contributed by atoms with Crippen molar-refractivity contribution in [2.45, 2.75) is 46.1 Å². The van der Waals surface area contributed by atoms with Gasteiger partial charge in [-0.25, -0.2) is 0 Å². The lowest BCUT2D eigenvalue weighted by Gasteiger charge is -2.14. The van der Waals surface area contributed by atoms with Gasteiger partial charge < -0.3 is 19.8 Å². The number of hydrogen-bond donors (Lipinski definition) is 1. The van der Waals surface area contributed by atoms with Crippen LogP contribution in [0.25, 0.3) is 11.1 Å². The Balaban J connectivity index is 2.06. The van der Waals surface area contributed by atoms with Crippen LogP contribution in [0.4, 0.5) is 0 Å². The number of hydrogen-bond acceptors (Lipinski definition) is 4. The van der Waals surface area contributed by atoms with Gasteiger partial charge in [0, 0.05) is 23.5 Å².